The van der Waals surface area contributed by atoms with Crippen molar-refractivity contribution < 1.29 is 9.90 Å². The molecule has 1 aromatic rings. The molecule has 0 saturated heterocycles. The third-order valence-corrected chi connectivity index (χ3v) is 4.84. The molecule has 0 radical (unpaired) electrons. The van der Waals surface area contributed by atoms with Crippen molar-refractivity contribution >= 4 is 17.2 Å². The maximum Gasteiger partial charge on any atom is 0.226 e. The van der Waals surface area contributed by atoms with Gasteiger partial charge in [0.15, 0.2) is 0 Å². The molecule has 1 aliphatic carbocycles. The Labute approximate surface area is 119 Å². The molecule has 106 valence electrons. The molecule has 19 heavy (non-hydrogen) atoms. The first-order valence-electron chi connectivity index (χ1n) is 7.10. The number of aliphatic hydroxyl groups is 1. The fourth-order valence-corrected chi connectivity index (χ4v) is 3.43. The monoisotopic (exact) mass is 281 g/mol. The number of hydrogen-bond donors (Lipinski definition) is 2. The van der Waals surface area contributed by atoms with Crippen molar-refractivity contribution in [2.24, 2.45) is 5.41 Å². The summed E-state index contributed by atoms with van der Waals surface area (Å²) in [6.07, 6.45) is 6.08. The molecule has 1 heterocycles. The predicted octanol–water partition coefficient (Wildman–Crippen LogP) is 3.26. The Hall–Kier alpha value is -0.870. The Balaban J connectivity index is 1.86. The summed E-state index contributed by atoms with van der Waals surface area (Å²) >= 11 is 1.56. The van der Waals surface area contributed by atoms with E-state index in [4.69, 9.17) is 0 Å². The zero-order valence-corrected chi connectivity index (χ0v) is 12.3. The van der Waals surface area contributed by atoms with Gasteiger partial charge in [-0.3, -0.25) is 4.79 Å². The number of carbonyl (C=O) groups is 1. The van der Waals surface area contributed by atoms with Crippen molar-refractivity contribution in [1.82, 2.24) is 5.32 Å². The summed E-state index contributed by atoms with van der Waals surface area (Å²) in [4.78, 5) is 12.3. The molecule has 0 spiro atoms. The first-order chi connectivity index (χ1) is 9.12. The minimum Gasteiger partial charge on any atom is -0.387 e. The van der Waals surface area contributed by atoms with E-state index in [9.17, 15) is 9.90 Å². The number of carbonyl (C=O) groups excluding carboxylic acids is 1. The van der Waals surface area contributed by atoms with Crippen LogP contribution in [0.2, 0.25) is 0 Å². The summed E-state index contributed by atoms with van der Waals surface area (Å²) in [7, 11) is 0. The van der Waals surface area contributed by atoms with Gasteiger partial charge in [-0.1, -0.05) is 32.6 Å². The SMILES string of the molecule is CC1(C(=O)NCC(O)c2ccsc2)CCCCCC1. The maximum atomic E-state index is 12.3. The van der Waals surface area contributed by atoms with E-state index in [1.165, 1.54) is 12.8 Å². The van der Waals surface area contributed by atoms with Gasteiger partial charge in [-0.05, 0) is 35.2 Å². The van der Waals surface area contributed by atoms with E-state index < -0.39 is 6.10 Å². The fourth-order valence-electron chi connectivity index (χ4n) is 2.72. The van der Waals surface area contributed by atoms with Gasteiger partial charge in [0.2, 0.25) is 5.91 Å². The molecule has 2 rings (SSSR count). The van der Waals surface area contributed by atoms with Crippen LogP contribution in [0.1, 0.15) is 57.1 Å². The van der Waals surface area contributed by atoms with Gasteiger partial charge in [-0.2, -0.15) is 11.3 Å². The molecule has 4 heteroatoms. The molecule has 1 aromatic heterocycles. The Kier molecular flexibility index (Phi) is 4.99. The summed E-state index contributed by atoms with van der Waals surface area (Å²) in [5, 5.41) is 16.8. The van der Waals surface area contributed by atoms with Crippen LogP contribution in [-0.2, 0) is 4.79 Å². The van der Waals surface area contributed by atoms with Crippen LogP contribution in [-0.4, -0.2) is 17.6 Å². The van der Waals surface area contributed by atoms with Crippen molar-refractivity contribution in [2.45, 2.75) is 51.6 Å². The second kappa shape index (κ2) is 6.53. The summed E-state index contributed by atoms with van der Waals surface area (Å²) in [6, 6.07) is 1.90. The minimum atomic E-state index is -0.593. The Morgan fingerprint density at radius 3 is 2.68 bits per heavy atom. The largest absolute Gasteiger partial charge is 0.387 e. The van der Waals surface area contributed by atoms with Crippen LogP contribution in [0.3, 0.4) is 0 Å². The number of thiophene rings is 1. The zero-order valence-electron chi connectivity index (χ0n) is 11.5. The van der Waals surface area contributed by atoms with E-state index in [1.807, 2.05) is 16.8 Å². The lowest BCUT2D eigenvalue weighted by Gasteiger charge is -2.27. The van der Waals surface area contributed by atoms with Gasteiger partial charge in [0.25, 0.3) is 0 Å². The van der Waals surface area contributed by atoms with Crippen LogP contribution < -0.4 is 5.32 Å². The number of aliphatic hydroxyl groups excluding tert-OH is 1. The first kappa shape index (κ1) is 14.5. The van der Waals surface area contributed by atoms with Crippen molar-refractivity contribution in [1.29, 1.82) is 0 Å². The number of hydrogen-bond acceptors (Lipinski definition) is 3. The molecule has 1 unspecified atom stereocenters. The highest BCUT2D eigenvalue weighted by molar-refractivity contribution is 7.07. The second-order valence-corrected chi connectivity index (χ2v) is 6.54. The third-order valence-electron chi connectivity index (χ3n) is 4.14. The fraction of sp³-hybridized carbons (Fsp3) is 0.667. The van der Waals surface area contributed by atoms with Crippen molar-refractivity contribution in [3.05, 3.63) is 22.4 Å². The highest BCUT2D eigenvalue weighted by atomic mass is 32.1. The summed E-state index contributed by atoms with van der Waals surface area (Å²) in [6.45, 7) is 2.37. The molecule has 1 atom stereocenters. The van der Waals surface area contributed by atoms with Crippen molar-refractivity contribution in [3.63, 3.8) is 0 Å². The van der Waals surface area contributed by atoms with E-state index in [-0.39, 0.29) is 11.3 Å². The zero-order chi connectivity index (χ0) is 13.7. The molecule has 0 aliphatic heterocycles. The summed E-state index contributed by atoms with van der Waals surface area (Å²) in [5.74, 6) is 0.101. The lowest BCUT2D eigenvalue weighted by molar-refractivity contribution is -0.131. The van der Waals surface area contributed by atoms with Crippen LogP contribution in [0.4, 0.5) is 0 Å². The predicted molar refractivity (Wildman–Crippen MR) is 78.1 cm³/mol. The third kappa shape index (κ3) is 3.80. The van der Waals surface area contributed by atoms with E-state index in [1.54, 1.807) is 11.3 Å². The summed E-state index contributed by atoms with van der Waals surface area (Å²) < 4.78 is 0. The van der Waals surface area contributed by atoms with Gasteiger partial charge in [-0.25, -0.2) is 0 Å². The number of nitrogens with one attached hydrogen (secondary N) is 1. The standard InChI is InChI=1S/C15H23NO2S/c1-15(7-4-2-3-5-8-15)14(18)16-10-13(17)12-6-9-19-11-12/h6,9,11,13,17H,2-5,7-8,10H2,1H3,(H,16,18). The molecule has 0 aromatic carbocycles. The number of rotatable bonds is 4. The normalized spacial score (nSPS) is 20.5. The molecule has 0 bridgehead atoms. The van der Waals surface area contributed by atoms with Gasteiger partial charge < -0.3 is 10.4 Å². The Morgan fingerprint density at radius 2 is 2.11 bits per heavy atom. The first-order valence-corrected chi connectivity index (χ1v) is 8.04. The maximum absolute atomic E-state index is 12.3. The van der Waals surface area contributed by atoms with Gasteiger partial charge in [-0.15, -0.1) is 0 Å². The average molecular weight is 281 g/mol. The lowest BCUT2D eigenvalue weighted by atomic mass is 9.81. The molecule has 1 aliphatic rings. The molecule has 1 saturated carbocycles. The van der Waals surface area contributed by atoms with E-state index in [2.05, 4.69) is 12.2 Å². The van der Waals surface area contributed by atoms with Crippen molar-refractivity contribution in [3.8, 4) is 0 Å². The lowest BCUT2D eigenvalue weighted by Crippen LogP contribution is -2.40. The molecule has 1 amide bonds. The summed E-state index contributed by atoms with van der Waals surface area (Å²) in [5.41, 5.74) is 0.640. The van der Waals surface area contributed by atoms with Crippen molar-refractivity contribution in [2.75, 3.05) is 6.54 Å². The topological polar surface area (TPSA) is 49.3 Å². The van der Waals surface area contributed by atoms with E-state index in [0.29, 0.717) is 6.54 Å². The molecule has 2 N–H and O–H groups in total. The Morgan fingerprint density at radius 1 is 1.42 bits per heavy atom. The smallest absolute Gasteiger partial charge is 0.226 e. The van der Waals surface area contributed by atoms with Crippen LogP contribution in [0.25, 0.3) is 0 Å². The second-order valence-electron chi connectivity index (χ2n) is 5.76. The van der Waals surface area contributed by atoms with Crippen LogP contribution in [0, 0.1) is 5.41 Å². The van der Waals surface area contributed by atoms with Crippen LogP contribution in [0.5, 0.6) is 0 Å². The highest BCUT2D eigenvalue weighted by Crippen LogP contribution is 2.34. The number of amides is 1. The molecular weight excluding hydrogens is 258 g/mol. The van der Waals surface area contributed by atoms with Gasteiger partial charge >= 0.3 is 0 Å². The van der Waals surface area contributed by atoms with Gasteiger partial charge in [0.05, 0.1) is 6.10 Å². The van der Waals surface area contributed by atoms with Gasteiger partial charge in [0.1, 0.15) is 0 Å². The van der Waals surface area contributed by atoms with Gasteiger partial charge in [0, 0.05) is 12.0 Å². The molecule has 3 nitrogen and oxygen atoms in total. The minimum absolute atomic E-state index is 0.101. The van der Waals surface area contributed by atoms with E-state index >= 15 is 0 Å². The molecular formula is C15H23NO2S. The van der Waals surface area contributed by atoms with Crippen LogP contribution >= 0.6 is 11.3 Å². The highest BCUT2D eigenvalue weighted by Gasteiger charge is 2.33. The quantitative estimate of drug-likeness (QED) is 0.832. The average Bonchev–Trinajstić information content (AvgIpc) is 2.85. The Bertz CT molecular complexity index is 394. The van der Waals surface area contributed by atoms with E-state index in [0.717, 1.165) is 31.2 Å². The molecule has 1 fully saturated rings. The van der Waals surface area contributed by atoms with Crippen LogP contribution in [0.15, 0.2) is 16.8 Å².